The molecule has 0 bridgehead atoms. The molecule has 2 rings (SSSR count). The summed E-state index contributed by atoms with van der Waals surface area (Å²) in [6, 6.07) is 3.54. The lowest BCUT2D eigenvalue weighted by molar-refractivity contribution is 0.0879. The van der Waals surface area contributed by atoms with Gasteiger partial charge in [-0.2, -0.15) is 0 Å². The van der Waals surface area contributed by atoms with E-state index in [1.807, 2.05) is 6.92 Å². The summed E-state index contributed by atoms with van der Waals surface area (Å²) in [7, 11) is 0. The number of pyridine rings is 1. The molecule has 1 aliphatic rings. The lowest BCUT2D eigenvalue weighted by Gasteiger charge is -2.26. The number of aryl methyl sites for hydroxylation is 1. The molecule has 2 N–H and O–H groups in total. The molecule has 1 amide bonds. The van der Waals surface area contributed by atoms with Gasteiger partial charge in [0, 0.05) is 23.9 Å². The first-order chi connectivity index (χ1) is 8.67. The molecule has 1 heterocycles. The molecule has 4 heteroatoms. The first-order valence-electron chi connectivity index (χ1n) is 6.48. The van der Waals surface area contributed by atoms with Gasteiger partial charge in [0.25, 0.3) is 5.91 Å². The van der Waals surface area contributed by atoms with Gasteiger partial charge in [-0.15, -0.1) is 0 Å². The van der Waals surface area contributed by atoms with Crippen LogP contribution in [0.5, 0.6) is 0 Å². The maximum atomic E-state index is 12.0. The van der Waals surface area contributed by atoms with Crippen molar-refractivity contribution >= 4 is 5.91 Å². The van der Waals surface area contributed by atoms with Crippen molar-refractivity contribution in [2.24, 2.45) is 5.41 Å². The van der Waals surface area contributed by atoms with Gasteiger partial charge < -0.3 is 10.4 Å². The second-order valence-electron chi connectivity index (χ2n) is 5.18. The summed E-state index contributed by atoms with van der Waals surface area (Å²) in [6.45, 7) is 2.53. The molecule has 1 aromatic heterocycles. The average molecular weight is 248 g/mol. The lowest BCUT2D eigenvalue weighted by Crippen LogP contribution is -2.38. The molecule has 1 aliphatic carbocycles. The molecule has 98 valence electrons. The second kappa shape index (κ2) is 5.48. The second-order valence-corrected chi connectivity index (χ2v) is 5.18. The number of aliphatic hydroxyl groups excluding tert-OH is 1. The molecule has 4 nitrogen and oxygen atoms in total. The SMILES string of the molecule is Cc1ncccc1C(=O)NCC1(CO)CCCC1. The quantitative estimate of drug-likeness (QED) is 0.852. The van der Waals surface area contributed by atoms with Crippen LogP contribution in [-0.2, 0) is 0 Å². The largest absolute Gasteiger partial charge is 0.396 e. The number of carbonyl (C=O) groups is 1. The predicted octanol–water partition coefficient (Wildman–Crippen LogP) is 1.67. The number of rotatable bonds is 4. The Morgan fingerprint density at radius 3 is 2.83 bits per heavy atom. The predicted molar refractivity (Wildman–Crippen MR) is 69.3 cm³/mol. The molecular weight excluding hydrogens is 228 g/mol. The number of amides is 1. The zero-order valence-electron chi connectivity index (χ0n) is 10.8. The van der Waals surface area contributed by atoms with Crippen molar-refractivity contribution in [1.29, 1.82) is 0 Å². The summed E-state index contributed by atoms with van der Waals surface area (Å²) < 4.78 is 0. The summed E-state index contributed by atoms with van der Waals surface area (Å²) >= 11 is 0. The minimum Gasteiger partial charge on any atom is -0.396 e. The van der Waals surface area contributed by atoms with Crippen molar-refractivity contribution in [3.63, 3.8) is 0 Å². The van der Waals surface area contributed by atoms with E-state index in [1.54, 1.807) is 18.3 Å². The van der Waals surface area contributed by atoms with Gasteiger partial charge >= 0.3 is 0 Å². The number of hydrogen-bond donors (Lipinski definition) is 2. The highest BCUT2D eigenvalue weighted by molar-refractivity contribution is 5.95. The van der Waals surface area contributed by atoms with E-state index in [4.69, 9.17) is 0 Å². The van der Waals surface area contributed by atoms with Crippen LogP contribution in [0.1, 0.15) is 41.7 Å². The highest BCUT2D eigenvalue weighted by Crippen LogP contribution is 2.36. The third-order valence-electron chi connectivity index (χ3n) is 3.88. The Hall–Kier alpha value is -1.42. The molecule has 1 saturated carbocycles. The van der Waals surface area contributed by atoms with E-state index in [9.17, 15) is 9.90 Å². The van der Waals surface area contributed by atoms with E-state index < -0.39 is 0 Å². The van der Waals surface area contributed by atoms with Gasteiger partial charge in [0.1, 0.15) is 0 Å². The van der Waals surface area contributed by atoms with Gasteiger partial charge in [0.15, 0.2) is 0 Å². The van der Waals surface area contributed by atoms with Crippen molar-refractivity contribution in [3.05, 3.63) is 29.6 Å². The molecule has 0 spiro atoms. The first-order valence-corrected chi connectivity index (χ1v) is 6.48. The number of aliphatic hydroxyl groups is 1. The van der Waals surface area contributed by atoms with Crippen molar-refractivity contribution < 1.29 is 9.90 Å². The average Bonchev–Trinajstić information content (AvgIpc) is 2.86. The van der Waals surface area contributed by atoms with Gasteiger partial charge in [0.2, 0.25) is 0 Å². The van der Waals surface area contributed by atoms with Crippen LogP contribution in [0.3, 0.4) is 0 Å². The molecular formula is C14H20N2O2. The lowest BCUT2D eigenvalue weighted by atomic mass is 9.87. The fourth-order valence-electron chi connectivity index (χ4n) is 2.60. The molecule has 18 heavy (non-hydrogen) atoms. The van der Waals surface area contributed by atoms with Crippen LogP contribution in [0, 0.1) is 12.3 Å². The van der Waals surface area contributed by atoms with Crippen LogP contribution in [0.15, 0.2) is 18.3 Å². The highest BCUT2D eigenvalue weighted by atomic mass is 16.3. The summed E-state index contributed by atoms with van der Waals surface area (Å²) in [6.07, 6.45) is 5.95. The van der Waals surface area contributed by atoms with E-state index in [0.29, 0.717) is 12.1 Å². The minimum absolute atomic E-state index is 0.0969. The third kappa shape index (κ3) is 2.70. The Morgan fingerprint density at radius 1 is 1.50 bits per heavy atom. The van der Waals surface area contributed by atoms with Gasteiger partial charge in [-0.3, -0.25) is 9.78 Å². The minimum atomic E-state index is -0.105. The Kier molecular flexibility index (Phi) is 3.97. The fourth-order valence-corrected chi connectivity index (χ4v) is 2.60. The normalized spacial score (nSPS) is 17.7. The van der Waals surface area contributed by atoms with Crippen molar-refractivity contribution in [3.8, 4) is 0 Å². The number of nitrogens with one attached hydrogen (secondary N) is 1. The Bertz CT molecular complexity index is 426. The molecule has 1 fully saturated rings. The van der Waals surface area contributed by atoms with E-state index in [1.165, 1.54) is 0 Å². The number of carbonyl (C=O) groups excluding carboxylic acids is 1. The van der Waals surface area contributed by atoms with Gasteiger partial charge in [0.05, 0.1) is 12.2 Å². The third-order valence-corrected chi connectivity index (χ3v) is 3.88. The maximum Gasteiger partial charge on any atom is 0.253 e. The number of aromatic nitrogens is 1. The van der Waals surface area contributed by atoms with E-state index in [0.717, 1.165) is 31.4 Å². The van der Waals surface area contributed by atoms with E-state index >= 15 is 0 Å². The summed E-state index contributed by atoms with van der Waals surface area (Å²) in [4.78, 5) is 16.2. The zero-order chi connectivity index (χ0) is 13.0. The summed E-state index contributed by atoms with van der Waals surface area (Å²) in [5.41, 5.74) is 1.24. The van der Waals surface area contributed by atoms with Crippen molar-refractivity contribution in [2.45, 2.75) is 32.6 Å². The van der Waals surface area contributed by atoms with E-state index in [2.05, 4.69) is 10.3 Å². The Balaban J connectivity index is 1.98. The van der Waals surface area contributed by atoms with Crippen LogP contribution < -0.4 is 5.32 Å². The number of hydrogen-bond acceptors (Lipinski definition) is 3. The van der Waals surface area contributed by atoms with Crippen molar-refractivity contribution in [1.82, 2.24) is 10.3 Å². The van der Waals surface area contributed by atoms with Gasteiger partial charge in [-0.05, 0) is 31.9 Å². The first kappa shape index (κ1) is 13.0. The van der Waals surface area contributed by atoms with Crippen LogP contribution in [-0.4, -0.2) is 29.1 Å². The Labute approximate surface area is 107 Å². The molecule has 0 radical (unpaired) electrons. The Morgan fingerprint density at radius 2 is 2.22 bits per heavy atom. The molecule has 0 aliphatic heterocycles. The van der Waals surface area contributed by atoms with E-state index in [-0.39, 0.29) is 17.9 Å². The van der Waals surface area contributed by atoms with Crippen LogP contribution in [0.2, 0.25) is 0 Å². The smallest absolute Gasteiger partial charge is 0.253 e. The number of nitrogens with zero attached hydrogens (tertiary/aromatic N) is 1. The van der Waals surface area contributed by atoms with Crippen LogP contribution >= 0.6 is 0 Å². The molecule has 0 unspecified atom stereocenters. The molecule has 1 aromatic rings. The zero-order valence-corrected chi connectivity index (χ0v) is 10.8. The van der Waals surface area contributed by atoms with Gasteiger partial charge in [-0.25, -0.2) is 0 Å². The summed E-state index contributed by atoms with van der Waals surface area (Å²) in [5.74, 6) is -0.0969. The van der Waals surface area contributed by atoms with Crippen LogP contribution in [0.4, 0.5) is 0 Å². The highest BCUT2D eigenvalue weighted by Gasteiger charge is 2.33. The topological polar surface area (TPSA) is 62.2 Å². The molecule has 0 saturated heterocycles. The monoisotopic (exact) mass is 248 g/mol. The standard InChI is InChI=1S/C14H20N2O2/c1-11-12(5-4-8-15-11)13(18)16-9-14(10-17)6-2-3-7-14/h4-5,8,17H,2-3,6-7,9-10H2,1H3,(H,16,18). The van der Waals surface area contributed by atoms with Gasteiger partial charge in [-0.1, -0.05) is 12.8 Å². The maximum absolute atomic E-state index is 12.0. The molecule has 0 aromatic carbocycles. The fraction of sp³-hybridized carbons (Fsp3) is 0.571. The molecule has 0 atom stereocenters. The van der Waals surface area contributed by atoms with Crippen molar-refractivity contribution in [2.75, 3.05) is 13.2 Å². The summed E-state index contributed by atoms with van der Waals surface area (Å²) in [5, 5.41) is 12.4. The van der Waals surface area contributed by atoms with Crippen LogP contribution in [0.25, 0.3) is 0 Å².